The lowest BCUT2D eigenvalue weighted by Gasteiger charge is -2.24. The zero-order valence-electron chi connectivity index (χ0n) is 24.7. The van der Waals surface area contributed by atoms with Gasteiger partial charge in [0.05, 0.1) is 34.3 Å². The van der Waals surface area contributed by atoms with E-state index in [9.17, 15) is 19.8 Å². The van der Waals surface area contributed by atoms with Gasteiger partial charge in [-0.1, -0.05) is 42.5 Å². The molecule has 2 aromatic carbocycles. The molecule has 4 heterocycles. The van der Waals surface area contributed by atoms with Crippen LogP contribution in [0.5, 0.6) is 11.5 Å². The molecule has 0 radical (unpaired) electrons. The third-order valence-electron chi connectivity index (χ3n) is 7.34. The molecule has 0 spiro atoms. The van der Waals surface area contributed by atoms with Crippen LogP contribution in [0.4, 0.5) is 17.3 Å². The zero-order chi connectivity index (χ0) is 32.2. The summed E-state index contributed by atoms with van der Waals surface area (Å²) in [5.41, 5.74) is 8.92. The second-order valence-electron chi connectivity index (χ2n) is 10.3. The number of nitrogens with one attached hydrogen (secondary N) is 1. The normalized spacial score (nSPS) is 15.9. The van der Waals surface area contributed by atoms with E-state index in [1.54, 1.807) is 13.1 Å². The molecule has 5 N–H and O–H groups in total. The second-order valence-corrected chi connectivity index (χ2v) is 10.3. The lowest BCUT2D eigenvalue weighted by atomic mass is 10.0. The van der Waals surface area contributed by atoms with Crippen LogP contribution in [-0.2, 0) is 4.79 Å². The largest absolute Gasteiger partial charge is 0.483 e. The van der Waals surface area contributed by atoms with Gasteiger partial charge >= 0.3 is 11.9 Å². The number of nitrogens with zero attached hydrogens (tertiary/aromatic N) is 2. The highest BCUT2D eigenvalue weighted by atomic mass is 16.6. The Hall–Kier alpha value is -6.23. The van der Waals surface area contributed by atoms with Crippen LogP contribution < -0.4 is 25.4 Å². The molecule has 0 bridgehead atoms. The van der Waals surface area contributed by atoms with Gasteiger partial charge in [-0.05, 0) is 67.7 Å². The number of carboxylic acids is 2. The summed E-state index contributed by atoms with van der Waals surface area (Å²) in [6.07, 6.45) is 7.99. The van der Waals surface area contributed by atoms with E-state index in [0.717, 1.165) is 11.4 Å². The van der Waals surface area contributed by atoms with E-state index in [-0.39, 0.29) is 22.5 Å². The summed E-state index contributed by atoms with van der Waals surface area (Å²) in [6.45, 7) is 2.24. The van der Waals surface area contributed by atoms with Crippen molar-refractivity contribution in [2.75, 3.05) is 18.1 Å². The molecule has 0 fully saturated rings. The minimum Gasteiger partial charge on any atom is -0.483 e. The van der Waals surface area contributed by atoms with Gasteiger partial charge in [-0.2, -0.15) is 0 Å². The van der Waals surface area contributed by atoms with Gasteiger partial charge in [-0.3, -0.25) is 4.90 Å². The first-order chi connectivity index (χ1) is 22.3. The fraction of sp³-hybridized carbons (Fsp3) is 0.114. The van der Waals surface area contributed by atoms with Crippen molar-refractivity contribution in [1.82, 2.24) is 10.3 Å². The Balaban J connectivity index is 1.44. The number of anilines is 3. The average molecular weight is 619 g/mol. The maximum Gasteiger partial charge on any atom is 0.335 e. The first-order valence-corrected chi connectivity index (χ1v) is 14.4. The number of furan rings is 1. The zero-order valence-corrected chi connectivity index (χ0v) is 24.7. The molecule has 6 rings (SSSR count). The number of fused-ring (bicyclic) bond motifs is 1. The first kappa shape index (κ1) is 29.8. The SMILES string of the molecule is C/C=C(\C=C(/N)c1cc(C(=O)O)cc(C2C=C(c3oc(N(c4ccccc4)c4ccccc4)c4c3OCCO4)C=CN2)n1)C(=O)O. The molecule has 232 valence electrons. The number of para-hydroxylation sites is 2. The quantitative estimate of drug-likeness (QED) is 0.125. The Morgan fingerprint density at radius 3 is 2.24 bits per heavy atom. The van der Waals surface area contributed by atoms with Gasteiger partial charge in [0.2, 0.25) is 11.5 Å². The standard InChI is InChI=1S/C35H30N4O7/c1-2-21(34(40)41)17-26(36)27-19-23(35(42)43)20-29(38-27)28-18-22(13-14-37-28)30-31-32(45-16-15-44-31)33(46-30)39(24-9-5-3-6-10-24)25-11-7-4-8-12-25/h2-14,17-20,28,37H,15-16,36H2,1H3,(H,40,41)(H,42,43)/b21-2+,26-17-. The predicted octanol–water partition coefficient (Wildman–Crippen LogP) is 6.19. The van der Waals surface area contributed by atoms with Crippen LogP contribution in [-0.4, -0.2) is 40.3 Å². The molecular formula is C35H30N4O7. The fourth-order valence-electron chi connectivity index (χ4n) is 5.15. The van der Waals surface area contributed by atoms with E-state index >= 15 is 0 Å². The van der Waals surface area contributed by atoms with E-state index in [1.165, 1.54) is 24.3 Å². The summed E-state index contributed by atoms with van der Waals surface area (Å²) in [4.78, 5) is 30.1. The maximum atomic E-state index is 12.1. The summed E-state index contributed by atoms with van der Waals surface area (Å²) in [6, 6.07) is 21.7. The van der Waals surface area contributed by atoms with Crippen LogP contribution >= 0.6 is 0 Å². The number of ether oxygens (including phenoxy) is 2. The average Bonchev–Trinajstić information content (AvgIpc) is 3.47. The first-order valence-electron chi connectivity index (χ1n) is 14.4. The van der Waals surface area contributed by atoms with E-state index in [1.807, 2.05) is 77.7 Å². The molecular weight excluding hydrogens is 588 g/mol. The van der Waals surface area contributed by atoms with Gasteiger partial charge in [0.15, 0.2) is 5.76 Å². The van der Waals surface area contributed by atoms with Gasteiger partial charge in [0, 0.05) is 16.9 Å². The van der Waals surface area contributed by atoms with Crippen LogP contribution in [0.3, 0.4) is 0 Å². The van der Waals surface area contributed by atoms with E-state index in [2.05, 4.69) is 10.3 Å². The Bertz CT molecular complexity index is 1870. The highest BCUT2D eigenvalue weighted by molar-refractivity contribution is 5.93. The number of benzene rings is 2. The molecule has 11 nitrogen and oxygen atoms in total. The number of carboxylic acid groups (broad SMARTS) is 2. The summed E-state index contributed by atoms with van der Waals surface area (Å²) in [7, 11) is 0. The minimum absolute atomic E-state index is 0.00705. The lowest BCUT2D eigenvalue weighted by molar-refractivity contribution is -0.132. The Kier molecular flexibility index (Phi) is 8.29. The van der Waals surface area contributed by atoms with Crippen LogP contribution in [0, 0.1) is 0 Å². The van der Waals surface area contributed by atoms with Crippen molar-refractivity contribution < 1.29 is 33.7 Å². The summed E-state index contributed by atoms with van der Waals surface area (Å²) < 4.78 is 18.8. The molecule has 2 aliphatic rings. The monoisotopic (exact) mass is 618 g/mol. The summed E-state index contributed by atoms with van der Waals surface area (Å²) in [5.74, 6) is -0.578. The summed E-state index contributed by atoms with van der Waals surface area (Å²) in [5, 5.41) is 22.5. The van der Waals surface area contributed by atoms with Crippen molar-refractivity contribution in [1.29, 1.82) is 0 Å². The number of hydrogen-bond acceptors (Lipinski definition) is 9. The predicted molar refractivity (Wildman–Crippen MR) is 172 cm³/mol. The molecule has 0 saturated heterocycles. The molecule has 4 aromatic rings. The number of nitrogens with two attached hydrogens (primary N) is 1. The number of pyridine rings is 1. The van der Waals surface area contributed by atoms with Gasteiger partial charge in [-0.25, -0.2) is 14.6 Å². The fourth-order valence-corrected chi connectivity index (χ4v) is 5.15. The lowest BCUT2D eigenvalue weighted by Crippen LogP contribution is -2.20. The van der Waals surface area contributed by atoms with Crippen LogP contribution in [0.2, 0.25) is 0 Å². The number of aliphatic carboxylic acids is 1. The molecule has 0 aliphatic carbocycles. The smallest absolute Gasteiger partial charge is 0.335 e. The van der Waals surface area contributed by atoms with E-state index in [0.29, 0.717) is 47.6 Å². The minimum atomic E-state index is -1.19. The Morgan fingerprint density at radius 2 is 1.63 bits per heavy atom. The third kappa shape index (κ3) is 5.93. The van der Waals surface area contributed by atoms with Crippen molar-refractivity contribution in [3.05, 3.63) is 132 Å². The van der Waals surface area contributed by atoms with Crippen LogP contribution in [0.15, 0.2) is 113 Å². The van der Waals surface area contributed by atoms with Crippen molar-refractivity contribution in [3.63, 3.8) is 0 Å². The number of allylic oxidation sites excluding steroid dienone is 3. The molecule has 2 aliphatic heterocycles. The van der Waals surface area contributed by atoms with Crippen molar-refractivity contribution in [2.45, 2.75) is 13.0 Å². The topological polar surface area (TPSA) is 160 Å². The molecule has 1 atom stereocenters. The number of rotatable bonds is 9. The molecule has 0 amide bonds. The third-order valence-corrected chi connectivity index (χ3v) is 7.34. The Morgan fingerprint density at radius 1 is 0.978 bits per heavy atom. The molecule has 11 heteroatoms. The van der Waals surface area contributed by atoms with Crippen molar-refractivity contribution in [3.8, 4) is 11.5 Å². The van der Waals surface area contributed by atoms with Crippen LogP contribution in [0.25, 0.3) is 11.3 Å². The number of dihydropyridines is 1. The van der Waals surface area contributed by atoms with Gasteiger partial charge in [0.25, 0.3) is 5.88 Å². The molecule has 2 aromatic heterocycles. The van der Waals surface area contributed by atoms with Gasteiger partial charge < -0.3 is 35.2 Å². The number of aromatic carboxylic acids is 1. The van der Waals surface area contributed by atoms with E-state index in [4.69, 9.17) is 19.6 Å². The van der Waals surface area contributed by atoms with Gasteiger partial charge in [-0.15, -0.1) is 0 Å². The molecule has 1 unspecified atom stereocenters. The van der Waals surface area contributed by atoms with Gasteiger partial charge in [0.1, 0.15) is 13.2 Å². The number of aromatic nitrogens is 1. The second kappa shape index (κ2) is 12.8. The van der Waals surface area contributed by atoms with Crippen LogP contribution in [0.1, 0.15) is 40.5 Å². The van der Waals surface area contributed by atoms with Crippen molar-refractivity contribution in [2.24, 2.45) is 5.73 Å². The number of carbonyl (C=O) groups is 2. The number of hydrogen-bond donors (Lipinski definition) is 4. The maximum absolute atomic E-state index is 12.1. The molecule has 46 heavy (non-hydrogen) atoms. The summed E-state index contributed by atoms with van der Waals surface area (Å²) >= 11 is 0. The highest BCUT2D eigenvalue weighted by Crippen LogP contribution is 2.52. The van der Waals surface area contributed by atoms with E-state index < -0.39 is 18.0 Å². The Labute approximate surface area is 264 Å². The van der Waals surface area contributed by atoms with Crippen molar-refractivity contribution >= 4 is 40.5 Å². The molecule has 0 saturated carbocycles. The highest BCUT2D eigenvalue weighted by Gasteiger charge is 2.33.